The van der Waals surface area contributed by atoms with Crippen LogP contribution in [0.25, 0.3) is 0 Å². The minimum absolute atomic E-state index is 0.114. The highest BCUT2D eigenvalue weighted by Gasteiger charge is 2.24. The van der Waals surface area contributed by atoms with E-state index in [1.165, 1.54) is 6.07 Å². The Morgan fingerprint density at radius 2 is 2.25 bits per heavy atom. The molecule has 20 heavy (non-hydrogen) atoms. The van der Waals surface area contributed by atoms with E-state index in [0.717, 1.165) is 37.1 Å². The van der Waals surface area contributed by atoms with Crippen LogP contribution in [0.15, 0.2) is 18.2 Å². The Morgan fingerprint density at radius 3 is 2.90 bits per heavy atom. The summed E-state index contributed by atoms with van der Waals surface area (Å²) < 4.78 is 0. The number of nitro groups is 1. The number of benzene rings is 1. The van der Waals surface area contributed by atoms with Gasteiger partial charge in [0.2, 0.25) is 0 Å². The van der Waals surface area contributed by atoms with Crippen LogP contribution in [0.4, 0.5) is 5.69 Å². The number of nitro benzene ring substituents is 1. The number of hydrogen-bond acceptors (Lipinski definition) is 4. The zero-order valence-electron chi connectivity index (χ0n) is 12.0. The predicted octanol–water partition coefficient (Wildman–Crippen LogP) is 2.70. The molecule has 1 saturated heterocycles. The molecule has 0 N–H and O–H groups in total. The Kier molecular flexibility index (Phi) is 4.49. The number of hydrogen-bond donors (Lipinski definition) is 0. The molecule has 0 bridgehead atoms. The fourth-order valence-corrected chi connectivity index (χ4v) is 2.81. The Labute approximate surface area is 118 Å². The third kappa shape index (κ3) is 3.22. The molecule has 0 spiro atoms. The summed E-state index contributed by atoms with van der Waals surface area (Å²) in [5.41, 5.74) is 1.87. The van der Waals surface area contributed by atoms with Gasteiger partial charge in [-0.1, -0.05) is 12.1 Å². The monoisotopic (exact) mass is 276 g/mol. The van der Waals surface area contributed by atoms with Gasteiger partial charge in [0, 0.05) is 30.6 Å². The number of rotatable bonds is 4. The summed E-state index contributed by atoms with van der Waals surface area (Å²) in [6.07, 6.45) is 1.97. The maximum Gasteiger partial charge on any atom is 0.272 e. The average Bonchev–Trinajstić information content (AvgIpc) is 2.41. The average molecular weight is 276 g/mol. The largest absolute Gasteiger partial charge is 0.300 e. The molecule has 1 aromatic carbocycles. The summed E-state index contributed by atoms with van der Waals surface area (Å²) in [5, 5.41) is 11.0. The molecule has 108 valence electrons. The van der Waals surface area contributed by atoms with E-state index in [-0.39, 0.29) is 22.3 Å². The van der Waals surface area contributed by atoms with Gasteiger partial charge < -0.3 is 0 Å². The molecular weight excluding hydrogens is 256 g/mol. The molecule has 0 saturated carbocycles. The molecule has 1 heterocycles. The molecule has 1 aliphatic heterocycles. The molecule has 1 aliphatic rings. The first-order chi connectivity index (χ1) is 9.49. The summed E-state index contributed by atoms with van der Waals surface area (Å²) in [7, 11) is 0. The predicted molar refractivity (Wildman–Crippen MR) is 76.5 cm³/mol. The minimum Gasteiger partial charge on any atom is -0.300 e. The first kappa shape index (κ1) is 14.7. The maximum absolute atomic E-state index is 11.5. The number of likely N-dealkylation sites (tertiary alicyclic amines) is 1. The van der Waals surface area contributed by atoms with Crippen LogP contribution >= 0.6 is 0 Å². The van der Waals surface area contributed by atoms with Gasteiger partial charge in [0.15, 0.2) is 0 Å². The van der Waals surface area contributed by atoms with Crippen molar-refractivity contribution in [3.63, 3.8) is 0 Å². The van der Waals surface area contributed by atoms with E-state index in [0.29, 0.717) is 6.54 Å². The van der Waals surface area contributed by atoms with Crippen LogP contribution in [0.5, 0.6) is 0 Å². The van der Waals surface area contributed by atoms with Crippen molar-refractivity contribution in [1.29, 1.82) is 0 Å². The lowest BCUT2D eigenvalue weighted by Crippen LogP contribution is -2.37. The number of carbonyl (C=O) groups excluding carboxylic acids is 1. The number of ketones is 1. The maximum atomic E-state index is 11.5. The van der Waals surface area contributed by atoms with Crippen LogP contribution in [-0.4, -0.2) is 28.7 Å². The highest BCUT2D eigenvalue weighted by molar-refractivity contribution is 5.78. The van der Waals surface area contributed by atoms with Crippen molar-refractivity contribution in [2.45, 2.75) is 33.2 Å². The molecule has 1 unspecified atom stereocenters. The summed E-state index contributed by atoms with van der Waals surface area (Å²) >= 11 is 0. The van der Waals surface area contributed by atoms with Crippen molar-refractivity contribution < 1.29 is 9.72 Å². The molecule has 5 nitrogen and oxygen atoms in total. The summed E-state index contributed by atoms with van der Waals surface area (Å²) in [6.45, 7) is 5.83. The second-order valence-corrected chi connectivity index (χ2v) is 5.50. The Hall–Kier alpha value is -1.75. The SMILES string of the molecule is CC(=O)C1CCCN(Cc2cccc([N+](=O)[O-])c2C)C1. The number of Topliss-reactive ketones (excluding diaryl/α,β-unsaturated/α-hetero) is 1. The summed E-state index contributed by atoms with van der Waals surface area (Å²) in [6, 6.07) is 5.19. The Balaban J connectivity index is 2.12. The van der Waals surface area contributed by atoms with Crippen molar-refractivity contribution in [3.05, 3.63) is 39.4 Å². The fraction of sp³-hybridized carbons (Fsp3) is 0.533. The van der Waals surface area contributed by atoms with Crippen LogP contribution in [0.2, 0.25) is 0 Å². The third-order valence-electron chi connectivity index (χ3n) is 4.09. The quantitative estimate of drug-likeness (QED) is 0.626. The molecule has 1 atom stereocenters. The Bertz CT molecular complexity index is 528. The standard InChI is InChI=1S/C15H20N2O3/c1-11-13(5-3-7-15(11)17(19)20)9-16-8-4-6-14(10-16)12(2)18/h3,5,7,14H,4,6,8-10H2,1-2H3. The third-order valence-corrected chi connectivity index (χ3v) is 4.09. The van der Waals surface area contributed by atoms with Gasteiger partial charge in [-0.05, 0) is 38.8 Å². The Morgan fingerprint density at radius 1 is 1.50 bits per heavy atom. The fourth-order valence-electron chi connectivity index (χ4n) is 2.81. The van der Waals surface area contributed by atoms with Crippen LogP contribution in [0.1, 0.15) is 30.9 Å². The lowest BCUT2D eigenvalue weighted by Gasteiger charge is -2.31. The van der Waals surface area contributed by atoms with Crippen LogP contribution < -0.4 is 0 Å². The van der Waals surface area contributed by atoms with E-state index in [2.05, 4.69) is 4.90 Å². The number of nitrogens with zero attached hydrogens (tertiary/aromatic N) is 2. The van der Waals surface area contributed by atoms with Crippen molar-refractivity contribution in [3.8, 4) is 0 Å². The van der Waals surface area contributed by atoms with E-state index in [1.54, 1.807) is 19.9 Å². The van der Waals surface area contributed by atoms with E-state index in [9.17, 15) is 14.9 Å². The van der Waals surface area contributed by atoms with Gasteiger partial charge in [0.1, 0.15) is 5.78 Å². The number of piperidine rings is 1. The first-order valence-corrected chi connectivity index (χ1v) is 6.94. The summed E-state index contributed by atoms with van der Waals surface area (Å²) in [5.74, 6) is 0.355. The minimum atomic E-state index is -0.340. The lowest BCUT2D eigenvalue weighted by atomic mass is 9.94. The van der Waals surface area contributed by atoms with Crippen LogP contribution in [0.3, 0.4) is 0 Å². The molecule has 0 amide bonds. The lowest BCUT2D eigenvalue weighted by molar-refractivity contribution is -0.385. The highest BCUT2D eigenvalue weighted by Crippen LogP contribution is 2.24. The van der Waals surface area contributed by atoms with Gasteiger partial charge in [-0.15, -0.1) is 0 Å². The van der Waals surface area contributed by atoms with Gasteiger partial charge >= 0.3 is 0 Å². The van der Waals surface area contributed by atoms with Crippen molar-refractivity contribution >= 4 is 11.5 Å². The van der Waals surface area contributed by atoms with Crippen LogP contribution in [-0.2, 0) is 11.3 Å². The van der Waals surface area contributed by atoms with Gasteiger partial charge in [-0.25, -0.2) is 0 Å². The van der Waals surface area contributed by atoms with Gasteiger partial charge in [-0.3, -0.25) is 19.8 Å². The summed E-state index contributed by atoms with van der Waals surface area (Å²) in [4.78, 5) is 24.3. The van der Waals surface area contributed by atoms with E-state index in [4.69, 9.17) is 0 Å². The molecule has 0 aromatic heterocycles. The van der Waals surface area contributed by atoms with E-state index < -0.39 is 0 Å². The molecule has 0 radical (unpaired) electrons. The molecular formula is C15H20N2O3. The first-order valence-electron chi connectivity index (χ1n) is 6.94. The smallest absolute Gasteiger partial charge is 0.272 e. The van der Waals surface area contributed by atoms with Crippen molar-refractivity contribution in [2.75, 3.05) is 13.1 Å². The van der Waals surface area contributed by atoms with Gasteiger partial charge in [0.05, 0.1) is 4.92 Å². The second kappa shape index (κ2) is 6.13. The van der Waals surface area contributed by atoms with Crippen molar-refractivity contribution in [2.24, 2.45) is 5.92 Å². The van der Waals surface area contributed by atoms with Gasteiger partial charge in [0.25, 0.3) is 5.69 Å². The van der Waals surface area contributed by atoms with Crippen LogP contribution in [0, 0.1) is 23.0 Å². The zero-order chi connectivity index (χ0) is 14.7. The molecule has 1 fully saturated rings. The van der Waals surface area contributed by atoms with E-state index in [1.807, 2.05) is 6.07 Å². The molecule has 2 rings (SSSR count). The van der Waals surface area contributed by atoms with Gasteiger partial charge in [-0.2, -0.15) is 0 Å². The van der Waals surface area contributed by atoms with Crippen molar-refractivity contribution in [1.82, 2.24) is 4.90 Å². The normalized spacial score (nSPS) is 19.8. The highest BCUT2D eigenvalue weighted by atomic mass is 16.6. The second-order valence-electron chi connectivity index (χ2n) is 5.50. The number of carbonyl (C=O) groups is 1. The molecule has 1 aromatic rings. The topological polar surface area (TPSA) is 63.5 Å². The molecule has 5 heteroatoms. The van der Waals surface area contributed by atoms with E-state index >= 15 is 0 Å². The molecule has 0 aliphatic carbocycles. The zero-order valence-corrected chi connectivity index (χ0v) is 12.0.